The van der Waals surface area contributed by atoms with Gasteiger partial charge in [0, 0.05) is 0 Å². The Balaban J connectivity index is 2.20. The molecule has 68 valence electrons. The highest BCUT2D eigenvalue weighted by atomic mass is 14.0. The Morgan fingerprint density at radius 3 is 1.58 bits per heavy atom. The van der Waals surface area contributed by atoms with Crippen LogP contribution in [0.3, 0.4) is 0 Å². The highest BCUT2D eigenvalue weighted by Crippen LogP contribution is 2.09. The minimum Gasteiger partial charge on any atom is -0.0882 e. The maximum atomic E-state index is 2.33. The van der Waals surface area contributed by atoms with Crippen molar-refractivity contribution < 1.29 is 0 Å². The smallest absolute Gasteiger partial charge is 0.0169 e. The molecule has 0 saturated heterocycles. The molecule has 0 fully saturated rings. The Kier molecular flexibility index (Phi) is 5.70. The lowest BCUT2D eigenvalue weighted by atomic mass is 10.1. The van der Waals surface area contributed by atoms with E-state index in [0.29, 0.717) is 0 Å². The Morgan fingerprint density at radius 2 is 1.00 bits per heavy atom. The van der Waals surface area contributed by atoms with Crippen LogP contribution in [0.5, 0.6) is 0 Å². The minimum atomic E-state index is 1.14. The SMILES string of the molecule is C1=CCCCCCCCC=CC1. The molecule has 0 aliphatic heterocycles. The maximum absolute atomic E-state index is 2.33. The van der Waals surface area contributed by atoms with Crippen molar-refractivity contribution in [1.82, 2.24) is 0 Å². The molecular weight excluding hydrogens is 144 g/mol. The second-order valence-electron chi connectivity index (χ2n) is 3.52. The van der Waals surface area contributed by atoms with Crippen LogP contribution in [0, 0.1) is 0 Å². The van der Waals surface area contributed by atoms with E-state index in [1.165, 1.54) is 44.9 Å². The fourth-order valence-corrected chi connectivity index (χ4v) is 1.56. The third-order valence-electron chi connectivity index (χ3n) is 2.35. The largest absolute Gasteiger partial charge is 0.0882 e. The first kappa shape index (κ1) is 9.57. The first-order valence-electron chi connectivity index (χ1n) is 5.30. The molecule has 0 aromatic heterocycles. The van der Waals surface area contributed by atoms with Crippen molar-refractivity contribution in [3.8, 4) is 0 Å². The van der Waals surface area contributed by atoms with Gasteiger partial charge in [0.2, 0.25) is 0 Å². The van der Waals surface area contributed by atoms with Gasteiger partial charge in [0.1, 0.15) is 0 Å². The summed E-state index contributed by atoms with van der Waals surface area (Å²) in [6.45, 7) is 0. The molecule has 0 atom stereocenters. The summed E-state index contributed by atoms with van der Waals surface area (Å²) in [7, 11) is 0. The summed E-state index contributed by atoms with van der Waals surface area (Å²) < 4.78 is 0. The van der Waals surface area contributed by atoms with Crippen LogP contribution in [0.2, 0.25) is 0 Å². The Hall–Kier alpha value is -0.520. The van der Waals surface area contributed by atoms with Crippen molar-refractivity contribution in [3.05, 3.63) is 24.3 Å². The number of hydrogen-bond donors (Lipinski definition) is 0. The molecule has 0 radical (unpaired) electrons. The molecule has 0 unspecified atom stereocenters. The van der Waals surface area contributed by atoms with Gasteiger partial charge in [-0.15, -0.1) is 0 Å². The second kappa shape index (κ2) is 7.15. The Morgan fingerprint density at radius 1 is 0.500 bits per heavy atom. The van der Waals surface area contributed by atoms with E-state index in [-0.39, 0.29) is 0 Å². The maximum Gasteiger partial charge on any atom is -0.0169 e. The average molecular weight is 164 g/mol. The minimum absolute atomic E-state index is 1.14. The number of allylic oxidation sites excluding steroid dienone is 4. The second-order valence-corrected chi connectivity index (χ2v) is 3.52. The summed E-state index contributed by atoms with van der Waals surface area (Å²) in [5.41, 5.74) is 0. The number of rotatable bonds is 0. The van der Waals surface area contributed by atoms with Crippen LogP contribution in [-0.2, 0) is 0 Å². The Bertz CT molecular complexity index is 126. The van der Waals surface area contributed by atoms with Gasteiger partial charge in [0.05, 0.1) is 0 Å². The summed E-state index contributed by atoms with van der Waals surface area (Å²) in [6.07, 6.45) is 20.0. The molecule has 0 heteroatoms. The fourth-order valence-electron chi connectivity index (χ4n) is 1.56. The molecular formula is C12H20. The topological polar surface area (TPSA) is 0 Å². The van der Waals surface area contributed by atoms with Crippen LogP contribution in [0.4, 0.5) is 0 Å². The molecule has 0 N–H and O–H groups in total. The molecule has 0 bridgehead atoms. The quantitative estimate of drug-likeness (QED) is 0.470. The van der Waals surface area contributed by atoms with Crippen LogP contribution >= 0.6 is 0 Å². The van der Waals surface area contributed by atoms with E-state index in [2.05, 4.69) is 24.3 Å². The lowest BCUT2D eigenvalue weighted by Gasteiger charge is -1.99. The van der Waals surface area contributed by atoms with E-state index in [1.807, 2.05) is 0 Å². The summed E-state index contributed by atoms with van der Waals surface area (Å²) in [5.74, 6) is 0. The van der Waals surface area contributed by atoms with E-state index in [4.69, 9.17) is 0 Å². The molecule has 0 saturated carbocycles. The standard InChI is InChI=1S/C12H20/c1-2-4-6-8-10-12-11-9-7-5-3-1/h1-2,5,7H,3-4,6,8-12H2. The highest BCUT2D eigenvalue weighted by molar-refractivity contribution is 4.92. The van der Waals surface area contributed by atoms with Crippen molar-refractivity contribution in [2.75, 3.05) is 0 Å². The van der Waals surface area contributed by atoms with Crippen LogP contribution in [0.15, 0.2) is 24.3 Å². The Labute approximate surface area is 76.4 Å². The van der Waals surface area contributed by atoms with Crippen molar-refractivity contribution in [2.24, 2.45) is 0 Å². The monoisotopic (exact) mass is 164 g/mol. The van der Waals surface area contributed by atoms with Gasteiger partial charge in [-0.05, 0) is 32.1 Å². The molecule has 0 spiro atoms. The van der Waals surface area contributed by atoms with Crippen molar-refractivity contribution in [3.63, 3.8) is 0 Å². The summed E-state index contributed by atoms with van der Waals surface area (Å²) in [5, 5.41) is 0. The number of hydrogen-bond acceptors (Lipinski definition) is 0. The summed E-state index contributed by atoms with van der Waals surface area (Å²) >= 11 is 0. The van der Waals surface area contributed by atoms with Gasteiger partial charge in [0.15, 0.2) is 0 Å². The molecule has 0 aromatic carbocycles. The molecule has 0 nitrogen and oxygen atoms in total. The molecule has 12 heavy (non-hydrogen) atoms. The van der Waals surface area contributed by atoms with E-state index in [9.17, 15) is 0 Å². The first-order chi connectivity index (χ1) is 6.00. The fraction of sp³-hybridized carbons (Fsp3) is 0.667. The third-order valence-corrected chi connectivity index (χ3v) is 2.35. The van der Waals surface area contributed by atoms with Gasteiger partial charge in [-0.2, -0.15) is 0 Å². The zero-order valence-electron chi connectivity index (χ0n) is 7.97. The van der Waals surface area contributed by atoms with Gasteiger partial charge in [0.25, 0.3) is 0 Å². The van der Waals surface area contributed by atoms with Gasteiger partial charge in [-0.1, -0.05) is 43.6 Å². The van der Waals surface area contributed by atoms with Crippen molar-refractivity contribution >= 4 is 0 Å². The molecule has 0 amide bonds. The van der Waals surface area contributed by atoms with Crippen molar-refractivity contribution in [1.29, 1.82) is 0 Å². The highest BCUT2D eigenvalue weighted by Gasteiger charge is 1.89. The van der Waals surface area contributed by atoms with Gasteiger partial charge in [-0.25, -0.2) is 0 Å². The predicted octanol–water partition coefficient (Wildman–Crippen LogP) is 4.23. The van der Waals surface area contributed by atoms with E-state index in [1.54, 1.807) is 0 Å². The van der Waals surface area contributed by atoms with Gasteiger partial charge < -0.3 is 0 Å². The van der Waals surface area contributed by atoms with Crippen molar-refractivity contribution in [2.45, 2.75) is 51.4 Å². The van der Waals surface area contributed by atoms with E-state index < -0.39 is 0 Å². The van der Waals surface area contributed by atoms with Crippen LogP contribution in [0.1, 0.15) is 51.4 Å². The summed E-state index contributed by atoms with van der Waals surface area (Å²) in [4.78, 5) is 0. The summed E-state index contributed by atoms with van der Waals surface area (Å²) in [6, 6.07) is 0. The molecule has 1 aliphatic carbocycles. The van der Waals surface area contributed by atoms with Crippen LogP contribution in [0.25, 0.3) is 0 Å². The molecule has 0 aromatic rings. The van der Waals surface area contributed by atoms with Gasteiger partial charge in [-0.3, -0.25) is 0 Å². The third kappa shape index (κ3) is 5.17. The lowest BCUT2D eigenvalue weighted by molar-refractivity contribution is 0.621. The zero-order valence-corrected chi connectivity index (χ0v) is 7.97. The average Bonchev–Trinajstić information content (AvgIpc) is 2.05. The normalized spacial score (nSPS) is 21.3. The van der Waals surface area contributed by atoms with Crippen LogP contribution < -0.4 is 0 Å². The zero-order chi connectivity index (χ0) is 8.49. The van der Waals surface area contributed by atoms with E-state index >= 15 is 0 Å². The lowest BCUT2D eigenvalue weighted by Crippen LogP contribution is -1.79. The molecule has 1 aliphatic rings. The van der Waals surface area contributed by atoms with E-state index in [0.717, 1.165) is 6.42 Å². The molecule has 0 heterocycles. The predicted molar refractivity (Wildman–Crippen MR) is 55.2 cm³/mol. The molecule has 1 rings (SSSR count). The van der Waals surface area contributed by atoms with Gasteiger partial charge >= 0.3 is 0 Å². The van der Waals surface area contributed by atoms with Crippen LogP contribution in [-0.4, -0.2) is 0 Å². The first-order valence-corrected chi connectivity index (χ1v) is 5.30.